The van der Waals surface area contributed by atoms with Gasteiger partial charge in [0.15, 0.2) is 0 Å². The second-order valence-electron chi connectivity index (χ2n) is 6.98. The molecule has 0 aliphatic carbocycles. The van der Waals surface area contributed by atoms with Crippen LogP contribution in [0.25, 0.3) is 0 Å². The first-order chi connectivity index (χ1) is 10.7. The normalized spacial score (nSPS) is 12.4. The summed E-state index contributed by atoms with van der Waals surface area (Å²) in [5.41, 5.74) is 12.3. The zero-order chi connectivity index (χ0) is 17.5. The van der Waals surface area contributed by atoms with Gasteiger partial charge in [-0.05, 0) is 93.0 Å². The highest BCUT2D eigenvalue weighted by molar-refractivity contribution is 5.58. The summed E-state index contributed by atoms with van der Waals surface area (Å²) in [5.74, 6) is 1.42. The summed E-state index contributed by atoms with van der Waals surface area (Å²) in [6, 6.07) is 4.60. The summed E-state index contributed by atoms with van der Waals surface area (Å²) >= 11 is 0. The van der Waals surface area contributed by atoms with Gasteiger partial charge in [-0.15, -0.1) is 0 Å². The predicted molar refractivity (Wildman–Crippen MR) is 100 cm³/mol. The number of benzene rings is 2. The molecule has 0 aliphatic heterocycles. The van der Waals surface area contributed by atoms with Crippen molar-refractivity contribution in [3.63, 3.8) is 0 Å². The molecule has 0 bridgehead atoms. The number of hydrogen-bond acceptors (Lipinski definition) is 1. The smallest absolute Gasteiger partial charge is 0.125 e. The Morgan fingerprint density at radius 2 is 1.13 bits per heavy atom. The largest absolute Gasteiger partial charge is 0.496 e. The maximum Gasteiger partial charge on any atom is 0.125 e. The van der Waals surface area contributed by atoms with Gasteiger partial charge in [0.2, 0.25) is 0 Å². The molecule has 0 saturated carbocycles. The summed E-state index contributed by atoms with van der Waals surface area (Å²) in [7, 11) is 1.77. The summed E-state index contributed by atoms with van der Waals surface area (Å²) in [6.45, 7) is 17.8. The summed E-state index contributed by atoms with van der Waals surface area (Å²) in [5, 5.41) is 0. The van der Waals surface area contributed by atoms with Gasteiger partial charge >= 0.3 is 0 Å². The standard InChI is InChI=1S/C22H30O/c1-12-10-13(2)20(14(3)11-12)19(8)21-15(4)17(6)22(23-9)18(7)16(21)5/h10-11,19H,1-9H3. The molecule has 2 rings (SSSR count). The van der Waals surface area contributed by atoms with Gasteiger partial charge in [-0.1, -0.05) is 24.6 Å². The molecule has 0 N–H and O–H groups in total. The summed E-state index contributed by atoms with van der Waals surface area (Å²) in [4.78, 5) is 0. The van der Waals surface area contributed by atoms with Gasteiger partial charge in [0.1, 0.15) is 5.75 Å². The highest BCUT2D eigenvalue weighted by Gasteiger charge is 2.22. The van der Waals surface area contributed by atoms with E-state index in [0.717, 1.165) is 5.75 Å². The van der Waals surface area contributed by atoms with E-state index in [-0.39, 0.29) is 0 Å². The lowest BCUT2D eigenvalue weighted by Gasteiger charge is -2.26. The highest BCUT2D eigenvalue weighted by atomic mass is 16.5. The van der Waals surface area contributed by atoms with Crippen LogP contribution in [0.3, 0.4) is 0 Å². The summed E-state index contributed by atoms with van der Waals surface area (Å²) in [6.07, 6.45) is 0. The van der Waals surface area contributed by atoms with E-state index in [9.17, 15) is 0 Å². The molecule has 124 valence electrons. The molecule has 0 spiro atoms. The van der Waals surface area contributed by atoms with Gasteiger partial charge in [-0.25, -0.2) is 0 Å². The Hall–Kier alpha value is -1.76. The molecule has 0 saturated heterocycles. The SMILES string of the molecule is COc1c(C)c(C)c(C(C)c2c(C)cc(C)cc2C)c(C)c1C. The van der Waals surface area contributed by atoms with E-state index in [1.54, 1.807) is 7.11 Å². The topological polar surface area (TPSA) is 9.23 Å². The van der Waals surface area contributed by atoms with Crippen LogP contribution in [0.15, 0.2) is 12.1 Å². The van der Waals surface area contributed by atoms with Crippen molar-refractivity contribution in [3.8, 4) is 5.75 Å². The van der Waals surface area contributed by atoms with E-state index in [0.29, 0.717) is 5.92 Å². The number of rotatable bonds is 3. The Morgan fingerprint density at radius 3 is 1.52 bits per heavy atom. The van der Waals surface area contributed by atoms with Crippen molar-refractivity contribution in [3.05, 3.63) is 62.2 Å². The Kier molecular flexibility index (Phi) is 4.89. The van der Waals surface area contributed by atoms with E-state index in [2.05, 4.69) is 67.5 Å². The molecule has 0 aromatic heterocycles. The van der Waals surface area contributed by atoms with Gasteiger partial charge < -0.3 is 4.74 Å². The van der Waals surface area contributed by atoms with Crippen LogP contribution in [0.1, 0.15) is 62.9 Å². The van der Waals surface area contributed by atoms with Crippen molar-refractivity contribution in [1.29, 1.82) is 0 Å². The fourth-order valence-electron chi connectivity index (χ4n) is 4.28. The Labute approximate surface area is 141 Å². The third kappa shape index (κ3) is 2.89. The molecular formula is C22H30O. The Balaban J connectivity index is 2.73. The third-order valence-corrected chi connectivity index (χ3v) is 5.42. The maximum atomic E-state index is 5.64. The van der Waals surface area contributed by atoms with Crippen molar-refractivity contribution in [1.82, 2.24) is 0 Å². The molecule has 1 atom stereocenters. The average Bonchev–Trinajstić information content (AvgIpc) is 2.45. The molecular weight excluding hydrogens is 280 g/mol. The fourth-order valence-corrected chi connectivity index (χ4v) is 4.28. The third-order valence-electron chi connectivity index (χ3n) is 5.42. The Morgan fingerprint density at radius 1 is 0.696 bits per heavy atom. The van der Waals surface area contributed by atoms with E-state index in [1.807, 2.05) is 0 Å². The van der Waals surface area contributed by atoms with Crippen LogP contribution in [-0.2, 0) is 0 Å². The van der Waals surface area contributed by atoms with Gasteiger partial charge in [-0.3, -0.25) is 0 Å². The van der Waals surface area contributed by atoms with Crippen LogP contribution in [0.4, 0.5) is 0 Å². The van der Waals surface area contributed by atoms with Gasteiger partial charge in [0.25, 0.3) is 0 Å². The molecule has 2 aromatic carbocycles. The molecule has 1 nitrogen and oxygen atoms in total. The van der Waals surface area contributed by atoms with Crippen LogP contribution < -0.4 is 4.74 Å². The van der Waals surface area contributed by atoms with Crippen molar-refractivity contribution in [2.24, 2.45) is 0 Å². The molecule has 2 aromatic rings. The minimum absolute atomic E-state index is 0.388. The number of ether oxygens (including phenoxy) is 1. The first-order valence-electron chi connectivity index (χ1n) is 8.42. The highest BCUT2D eigenvalue weighted by Crippen LogP contribution is 2.40. The molecule has 0 aliphatic rings. The molecule has 1 unspecified atom stereocenters. The van der Waals surface area contributed by atoms with Crippen LogP contribution in [-0.4, -0.2) is 7.11 Å². The Bertz CT molecular complexity index is 701. The summed E-state index contributed by atoms with van der Waals surface area (Å²) < 4.78 is 5.64. The zero-order valence-electron chi connectivity index (χ0n) is 16.1. The number of aryl methyl sites for hydroxylation is 3. The second-order valence-corrected chi connectivity index (χ2v) is 6.98. The van der Waals surface area contributed by atoms with E-state index >= 15 is 0 Å². The van der Waals surface area contributed by atoms with E-state index < -0.39 is 0 Å². The lowest BCUT2D eigenvalue weighted by molar-refractivity contribution is 0.407. The van der Waals surface area contributed by atoms with E-state index in [4.69, 9.17) is 4.74 Å². The molecule has 23 heavy (non-hydrogen) atoms. The average molecular weight is 310 g/mol. The zero-order valence-corrected chi connectivity index (χ0v) is 16.1. The molecule has 1 heteroatoms. The minimum atomic E-state index is 0.388. The van der Waals surface area contributed by atoms with Crippen LogP contribution >= 0.6 is 0 Å². The van der Waals surface area contributed by atoms with Crippen LogP contribution in [0.2, 0.25) is 0 Å². The van der Waals surface area contributed by atoms with Crippen LogP contribution in [0.5, 0.6) is 5.75 Å². The van der Waals surface area contributed by atoms with Crippen molar-refractivity contribution in [2.75, 3.05) is 7.11 Å². The number of methoxy groups -OCH3 is 1. The molecule has 0 radical (unpaired) electrons. The predicted octanol–water partition coefficient (Wildman–Crippen LogP) is 6.01. The number of hydrogen-bond donors (Lipinski definition) is 0. The van der Waals surface area contributed by atoms with Crippen molar-refractivity contribution >= 4 is 0 Å². The quantitative estimate of drug-likeness (QED) is 0.675. The minimum Gasteiger partial charge on any atom is -0.496 e. The molecule has 0 fully saturated rings. The maximum absolute atomic E-state index is 5.64. The monoisotopic (exact) mass is 310 g/mol. The van der Waals surface area contributed by atoms with Gasteiger partial charge in [0, 0.05) is 5.92 Å². The van der Waals surface area contributed by atoms with Gasteiger partial charge in [-0.2, -0.15) is 0 Å². The molecule has 0 amide bonds. The van der Waals surface area contributed by atoms with E-state index in [1.165, 1.54) is 50.1 Å². The van der Waals surface area contributed by atoms with Gasteiger partial charge in [0.05, 0.1) is 7.11 Å². The molecule has 0 heterocycles. The van der Waals surface area contributed by atoms with Crippen molar-refractivity contribution < 1.29 is 4.74 Å². The lowest BCUT2D eigenvalue weighted by atomic mass is 9.80. The first-order valence-corrected chi connectivity index (χ1v) is 8.42. The van der Waals surface area contributed by atoms with Crippen LogP contribution in [0, 0.1) is 48.5 Å². The lowest BCUT2D eigenvalue weighted by Crippen LogP contribution is -2.10. The van der Waals surface area contributed by atoms with Crippen molar-refractivity contribution in [2.45, 2.75) is 61.3 Å². The fraction of sp³-hybridized carbons (Fsp3) is 0.455. The first kappa shape index (κ1) is 17.6. The second kappa shape index (κ2) is 6.39.